The summed E-state index contributed by atoms with van der Waals surface area (Å²) in [6.07, 6.45) is 1.78. The van der Waals surface area contributed by atoms with Crippen LogP contribution < -0.4 is 5.32 Å². The normalized spacial score (nSPS) is 11.2. The van der Waals surface area contributed by atoms with E-state index in [1.807, 2.05) is 30.3 Å². The maximum Gasteiger partial charge on any atom is 0.129 e. The minimum atomic E-state index is 0.454. The van der Waals surface area contributed by atoms with Gasteiger partial charge in [0.25, 0.3) is 0 Å². The molecule has 1 aromatic heterocycles. The van der Waals surface area contributed by atoms with E-state index in [2.05, 4.69) is 19.2 Å². The molecule has 0 bridgehead atoms. The van der Waals surface area contributed by atoms with Gasteiger partial charge in [0.05, 0.1) is 12.9 Å². The number of benzene rings is 1. The zero-order valence-electron chi connectivity index (χ0n) is 12.6. The Morgan fingerprint density at radius 1 is 1.24 bits per heavy atom. The third-order valence-corrected chi connectivity index (χ3v) is 3.42. The van der Waals surface area contributed by atoms with Gasteiger partial charge in [-0.1, -0.05) is 43.6 Å². The molecule has 4 heteroatoms. The van der Waals surface area contributed by atoms with Crippen molar-refractivity contribution in [3.63, 3.8) is 0 Å². The second-order valence-electron chi connectivity index (χ2n) is 5.53. The van der Waals surface area contributed by atoms with Gasteiger partial charge in [0.2, 0.25) is 0 Å². The molecule has 21 heavy (non-hydrogen) atoms. The molecule has 114 valence electrons. The van der Waals surface area contributed by atoms with Gasteiger partial charge in [-0.3, -0.25) is 0 Å². The highest BCUT2D eigenvalue weighted by Crippen LogP contribution is 2.17. The molecule has 0 aliphatic rings. The number of furan rings is 1. The standard InChI is InChI=1S/C17H22ClNO2/c1-13(2)8-19-9-14-7-16(21-10-14)12-20-11-15-5-3-4-6-17(15)18/h3-7,10,13,19H,8-9,11-12H2,1-2H3. The van der Waals surface area contributed by atoms with Crippen LogP contribution in [0.15, 0.2) is 41.0 Å². The van der Waals surface area contributed by atoms with Crippen molar-refractivity contribution in [1.29, 1.82) is 0 Å². The molecule has 0 aliphatic carbocycles. The number of ether oxygens (including phenoxy) is 1. The molecular formula is C17H22ClNO2. The van der Waals surface area contributed by atoms with E-state index in [1.165, 1.54) is 0 Å². The Morgan fingerprint density at radius 3 is 2.81 bits per heavy atom. The summed E-state index contributed by atoms with van der Waals surface area (Å²) in [5.74, 6) is 1.48. The Labute approximate surface area is 131 Å². The average Bonchev–Trinajstić information content (AvgIpc) is 2.88. The largest absolute Gasteiger partial charge is 0.467 e. The summed E-state index contributed by atoms with van der Waals surface area (Å²) in [5.41, 5.74) is 2.14. The number of hydrogen-bond acceptors (Lipinski definition) is 3. The van der Waals surface area contributed by atoms with Crippen LogP contribution in [-0.4, -0.2) is 6.54 Å². The van der Waals surface area contributed by atoms with E-state index >= 15 is 0 Å². The Hall–Kier alpha value is -1.29. The Morgan fingerprint density at radius 2 is 2.05 bits per heavy atom. The maximum absolute atomic E-state index is 6.08. The Bertz CT molecular complexity index is 551. The van der Waals surface area contributed by atoms with E-state index in [1.54, 1.807) is 6.26 Å². The topological polar surface area (TPSA) is 34.4 Å². The molecule has 1 aromatic carbocycles. The molecule has 1 heterocycles. The van der Waals surface area contributed by atoms with Gasteiger partial charge < -0.3 is 14.5 Å². The lowest BCUT2D eigenvalue weighted by Gasteiger charge is -2.05. The van der Waals surface area contributed by atoms with Crippen LogP contribution in [0.2, 0.25) is 5.02 Å². The summed E-state index contributed by atoms with van der Waals surface area (Å²) >= 11 is 6.08. The highest BCUT2D eigenvalue weighted by atomic mass is 35.5. The smallest absolute Gasteiger partial charge is 0.129 e. The van der Waals surface area contributed by atoms with Gasteiger partial charge in [-0.2, -0.15) is 0 Å². The van der Waals surface area contributed by atoms with E-state index in [0.29, 0.717) is 19.1 Å². The third-order valence-electron chi connectivity index (χ3n) is 3.05. The first-order valence-electron chi connectivity index (χ1n) is 7.23. The van der Waals surface area contributed by atoms with Crippen LogP contribution in [0.1, 0.15) is 30.7 Å². The summed E-state index contributed by atoms with van der Waals surface area (Å²) in [5, 5.41) is 4.12. The van der Waals surface area contributed by atoms with Crippen LogP contribution in [-0.2, 0) is 24.5 Å². The van der Waals surface area contributed by atoms with Crippen molar-refractivity contribution < 1.29 is 9.15 Å². The predicted molar refractivity (Wildman–Crippen MR) is 85.2 cm³/mol. The van der Waals surface area contributed by atoms with Crippen molar-refractivity contribution in [2.45, 2.75) is 33.6 Å². The fourth-order valence-corrected chi connectivity index (χ4v) is 2.17. The van der Waals surface area contributed by atoms with Gasteiger partial charge in [0.1, 0.15) is 12.4 Å². The lowest BCUT2D eigenvalue weighted by molar-refractivity contribution is 0.0930. The van der Waals surface area contributed by atoms with Crippen molar-refractivity contribution in [2.24, 2.45) is 5.92 Å². The van der Waals surface area contributed by atoms with E-state index in [9.17, 15) is 0 Å². The quantitative estimate of drug-likeness (QED) is 0.785. The van der Waals surface area contributed by atoms with Crippen molar-refractivity contribution in [2.75, 3.05) is 6.54 Å². The fraction of sp³-hybridized carbons (Fsp3) is 0.412. The summed E-state index contributed by atoms with van der Waals surface area (Å²) < 4.78 is 11.1. The molecule has 0 aliphatic heterocycles. The molecule has 2 rings (SSSR count). The molecule has 0 saturated heterocycles. The minimum absolute atomic E-state index is 0.454. The average molecular weight is 308 g/mol. The molecule has 0 fully saturated rings. The van der Waals surface area contributed by atoms with Crippen LogP contribution in [0.4, 0.5) is 0 Å². The molecular weight excluding hydrogens is 286 g/mol. The van der Waals surface area contributed by atoms with E-state index < -0.39 is 0 Å². The lowest BCUT2D eigenvalue weighted by atomic mass is 10.2. The predicted octanol–water partition coefficient (Wildman–Crippen LogP) is 4.40. The number of hydrogen-bond donors (Lipinski definition) is 1. The van der Waals surface area contributed by atoms with Crippen LogP contribution in [0.25, 0.3) is 0 Å². The van der Waals surface area contributed by atoms with E-state index in [0.717, 1.165) is 35.0 Å². The summed E-state index contributed by atoms with van der Waals surface area (Å²) in [6, 6.07) is 9.72. The van der Waals surface area contributed by atoms with E-state index in [-0.39, 0.29) is 0 Å². The third kappa shape index (κ3) is 5.54. The first-order valence-corrected chi connectivity index (χ1v) is 7.61. The molecule has 3 nitrogen and oxygen atoms in total. The van der Waals surface area contributed by atoms with E-state index in [4.69, 9.17) is 20.8 Å². The van der Waals surface area contributed by atoms with Gasteiger partial charge in [0, 0.05) is 17.1 Å². The summed E-state index contributed by atoms with van der Waals surface area (Å²) in [7, 11) is 0. The highest BCUT2D eigenvalue weighted by Gasteiger charge is 2.04. The SMILES string of the molecule is CC(C)CNCc1coc(COCc2ccccc2Cl)c1. The summed E-state index contributed by atoms with van der Waals surface area (Å²) in [4.78, 5) is 0. The molecule has 0 atom stereocenters. The number of halogens is 1. The first-order chi connectivity index (χ1) is 10.1. The van der Waals surface area contributed by atoms with Crippen LogP contribution in [0.3, 0.4) is 0 Å². The molecule has 0 unspecified atom stereocenters. The van der Waals surface area contributed by atoms with Crippen LogP contribution in [0.5, 0.6) is 0 Å². The second kappa shape index (κ2) is 8.23. The van der Waals surface area contributed by atoms with Gasteiger partial charge in [-0.15, -0.1) is 0 Å². The molecule has 0 radical (unpaired) electrons. The van der Waals surface area contributed by atoms with Gasteiger partial charge in [0.15, 0.2) is 0 Å². The Balaban J connectivity index is 1.74. The van der Waals surface area contributed by atoms with Crippen LogP contribution in [0, 0.1) is 5.92 Å². The zero-order valence-corrected chi connectivity index (χ0v) is 13.3. The van der Waals surface area contributed by atoms with Gasteiger partial charge in [-0.05, 0) is 30.2 Å². The first kappa shape index (κ1) is 16.1. The maximum atomic E-state index is 6.08. The molecule has 2 aromatic rings. The number of nitrogens with one attached hydrogen (secondary N) is 1. The molecule has 0 amide bonds. The zero-order chi connectivity index (χ0) is 15.1. The fourth-order valence-electron chi connectivity index (χ4n) is 1.98. The monoisotopic (exact) mass is 307 g/mol. The molecule has 0 spiro atoms. The minimum Gasteiger partial charge on any atom is -0.467 e. The van der Waals surface area contributed by atoms with Crippen molar-refractivity contribution in [1.82, 2.24) is 5.32 Å². The second-order valence-corrected chi connectivity index (χ2v) is 5.94. The number of rotatable bonds is 8. The van der Waals surface area contributed by atoms with Gasteiger partial charge >= 0.3 is 0 Å². The molecule has 0 saturated carbocycles. The van der Waals surface area contributed by atoms with Crippen molar-refractivity contribution >= 4 is 11.6 Å². The van der Waals surface area contributed by atoms with Crippen molar-refractivity contribution in [3.8, 4) is 0 Å². The molecule has 1 N–H and O–H groups in total. The van der Waals surface area contributed by atoms with Gasteiger partial charge in [-0.25, -0.2) is 0 Å². The highest BCUT2D eigenvalue weighted by molar-refractivity contribution is 6.31. The van der Waals surface area contributed by atoms with Crippen molar-refractivity contribution in [3.05, 3.63) is 58.5 Å². The Kier molecular flexibility index (Phi) is 6.30. The lowest BCUT2D eigenvalue weighted by Crippen LogP contribution is -2.18. The summed E-state index contributed by atoms with van der Waals surface area (Å²) in [6.45, 7) is 7.15. The van der Waals surface area contributed by atoms with Crippen LogP contribution >= 0.6 is 11.6 Å².